The van der Waals surface area contributed by atoms with Crippen LogP contribution in [0, 0.1) is 0 Å². The monoisotopic (exact) mass is 208 g/mol. The lowest BCUT2D eigenvalue weighted by Gasteiger charge is -2.21. The van der Waals surface area contributed by atoms with Crippen molar-refractivity contribution in [1.82, 2.24) is 9.47 Å². The van der Waals surface area contributed by atoms with Crippen molar-refractivity contribution in [2.45, 2.75) is 26.4 Å². The predicted octanol–water partition coefficient (Wildman–Crippen LogP) is 1.17. The van der Waals surface area contributed by atoms with E-state index >= 15 is 0 Å². The highest BCUT2D eigenvalue weighted by molar-refractivity contribution is 5.77. The Morgan fingerprint density at radius 3 is 2.73 bits per heavy atom. The van der Waals surface area contributed by atoms with Crippen LogP contribution in [0.4, 0.5) is 0 Å². The van der Waals surface area contributed by atoms with Crippen molar-refractivity contribution in [3.05, 3.63) is 24.0 Å². The fraction of sp³-hybridized carbons (Fsp3) is 0.455. The molecule has 82 valence electrons. The molecule has 0 aliphatic heterocycles. The van der Waals surface area contributed by atoms with Crippen LogP contribution in [0.25, 0.3) is 0 Å². The third-order valence-electron chi connectivity index (χ3n) is 2.40. The second-order valence-corrected chi connectivity index (χ2v) is 3.83. The number of amides is 1. The number of aromatic nitrogens is 1. The Balaban J connectivity index is 2.62. The molecule has 1 heterocycles. The minimum atomic E-state index is 0.0399. The Morgan fingerprint density at radius 2 is 2.27 bits per heavy atom. The van der Waals surface area contributed by atoms with E-state index in [4.69, 9.17) is 0 Å². The maximum absolute atomic E-state index is 11.7. The van der Waals surface area contributed by atoms with Crippen LogP contribution in [0.15, 0.2) is 18.5 Å². The number of hydrogen-bond donors (Lipinski definition) is 0. The summed E-state index contributed by atoms with van der Waals surface area (Å²) in [6, 6.07) is 1.88. The van der Waals surface area contributed by atoms with Gasteiger partial charge in [0.2, 0.25) is 5.91 Å². The predicted molar refractivity (Wildman–Crippen MR) is 57.7 cm³/mol. The van der Waals surface area contributed by atoms with Gasteiger partial charge in [-0.1, -0.05) is 0 Å². The number of rotatable bonds is 4. The van der Waals surface area contributed by atoms with Gasteiger partial charge in [0.05, 0.1) is 0 Å². The lowest BCUT2D eigenvalue weighted by molar-refractivity contribution is -0.131. The zero-order valence-electron chi connectivity index (χ0n) is 9.30. The molecule has 1 aromatic heterocycles. The van der Waals surface area contributed by atoms with E-state index in [0.29, 0.717) is 5.56 Å². The molecule has 0 aliphatic carbocycles. The third-order valence-corrected chi connectivity index (χ3v) is 2.40. The molecule has 0 N–H and O–H groups in total. The van der Waals surface area contributed by atoms with Crippen LogP contribution >= 0.6 is 0 Å². The van der Waals surface area contributed by atoms with Gasteiger partial charge in [0.1, 0.15) is 6.54 Å². The van der Waals surface area contributed by atoms with Gasteiger partial charge in [-0.3, -0.25) is 9.59 Å². The summed E-state index contributed by atoms with van der Waals surface area (Å²) >= 11 is 0. The minimum Gasteiger partial charge on any atom is -0.344 e. The van der Waals surface area contributed by atoms with Gasteiger partial charge in [-0.2, -0.15) is 0 Å². The molecular weight excluding hydrogens is 192 g/mol. The van der Waals surface area contributed by atoms with Gasteiger partial charge in [-0.15, -0.1) is 0 Å². The van der Waals surface area contributed by atoms with Crippen molar-refractivity contribution in [3.63, 3.8) is 0 Å². The van der Waals surface area contributed by atoms with Gasteiger partial charge in [0.25, 0.3) is 0 Å². The molecule has 0 fully saturated rings. The van der Waals surface area contributed by atoms with Gasteiger partial charge < -0.3 is 9.47 Å². The standard InChI is InChI=1S/C11H16N2O2/c1-9(2)12(3)11(15)7-13-5-4-10(6-13)8-14/h4-6,8-9H,7H2,1-3H3. The van der Waals surface area contributed by atoms with Crippen LogP contribution in [0.2, 0.25) is 0 Å². The summed E-state index contributed by atoms with van der Waals surface area (Å²) in [4.78, 5) is 23.8. The van der Waals surface area contributed by atoms with Gasteiger partial charge >= 0.3 is 0 Å². The Labute approximate surface area is 89.5 Å². The number of nitrogens with zero attached hydrogens (tertiary/aromatic N) is 2. The van der Waals surface area contributed by atoms with Crippen molar-refractivity contribution in [1.29, 1.82) is 0 Å². The highest BCUT2D eigenvalue weighted by atomic mass is 16.2. The summed E-state index contributed by atoms with van der Waals surface area (Å²) < 4.78 is 1.71. The van der Waals surface area contributed by atoms with Crippen molar-refractivity contribution < 1.29 is 9.59 Å². The van der Waals surface area contributed by atoms with Crippen molar-refractivity contribution in [2.24, 2.45) is 0 Å². The lowest BCUT2D eigenvalue weighted by Crippen LogP contribution is -2.35. The average Bonchev–Trinajstić information content (AvgIpc) is 2.64. The second kappa shape index (κ2) is 4.77. The molecule has 0 spiro atoms. The molecule has 4 heteroatoms. The molecule has 0 saturated carbocycles. The Bertz CT molecular complexity index is 355. The largest absolute Gasteiger partial charge is 0.344 e. The van der Waals surface area contributed by atoms with E-state index < -0.39 is 0 Å². The Hall–Kier alpha value is -1.58. The zero-order chi connectivity index (χ0) is 11.4. The third kappa shape index (κ3) is 2.94. The van der Waals surface area contributed by atoms with E-state index in [1.165, 1.54) is 0 Å². The van der Waals surface area contributed by atoms with Crippen LogP contribution in [0.1, 0.15) is 24.2 Å². The summed E-state index contributed by atoms with van der Waals surface area (Å²) in [6.45, 7) is 4.21. The molecule has 0 unspecified atom stereocenters. The van der Waals surface area contributed by atoms with Crippen molar-refractivity contribution >= 4 is 12.2 Å². The molecule has 15 heavy (non-hydrogen) atoms. The summed E-state index contributed by atoms with van der Waals surface area (Å²) in [5.41, 5.74) is 0.593. The highest BCUT2D eigenvalue weighted by Gasteiger charge is 2.11. The zero-order valence-corrected chi connectivity index (χ0v) is 9.30. The van der Waals surface area contributed by atoms with Crippen LogP contribution < -0.4 is 0 Å². The minimum absolute atomic E-state index is 0.0399. The molecule has 0 saturated heterocycles. The average molecular weight is 208 g/mol. The molecule has 1 amide bonds. The Morgan fingerprint density at radius 1 is 1.60 bits per heavy atom. The molecule has 1 aromatic rings. The first kappa shape index (κ1) is 11.5. The summed E-state index contributed by atoms with van der Waals surface area (Å²) in [5.74, 6) is 0.0399. The van der Waals surface area contributed by atoms with E-state index in [9.17, 15) is 9.59 Å². The molecule has 0 aromatic carbocycles. The van der Waals surface area contributed by atoms with Crippen molar-refractivity contribution in [2.75, 3.05) is 7.05 Å². The van der Waals surface area contributed by atoms with Crippen molar-refractivity contribution in [3.8, 4) is 0 Å². The van der Waals surface area contributed by atoms with Crippen LogP contribution in [0.5, 0.6) is 0 Å². The van der Waals surface area contributed by atoms with Crippen LogP contribution in [-0.4, -0.2) is 34.7 Å². The first-order valence-corrected chi connectivity index (χ1v) is 4.91. The maximum atomic E-state index is 11.7. The normalized spacial score (nSPS) is 10.4. The molecular formula is C11H16N2O2. The first-order valence-electron chi connectivity index (χ1n) is 4.91. The van der Waals surface area contributed by atoms with E-state index in [0.717, 1.165) is 6.29 Å². The number of carbonyl (C=O) groups excluding carboxylic acids is 2. The number of likely N-dealkylation sites (N-methyl/N-ethyl adjacent to an activating group) is 1. The van der Waals surface area contributed by atoms with Crippen LogP contribution in [0.3, 0.4) is 0 Å². The molecule has 1 rings (SSSR count). The molecule has 0 bridgehead atoms. The molecule has 4 nitrogen and oxygen atoms in total. The Kier molecular flexibility index (Phi) is 3.66. The van der Waals surface area contributed by atoms with E-state index in [1.807, 2.05) is 13.8 Å². The summed E-state index contributed by atoms with van der Waals surface area (Å²) in [7, 11) is 1.77. The van der Waals surface area contributed by atoms with Gasteiger partial charge in [0.15, 0.2) is 6.29 Å². The SMILES string of the molecule is CC(C)N(C)C(=O)Cn1ccc(C=O)c1. The van der Waals surface area contributed by atoms with E-state index in [1.54, 1.807) is 35.0 Å². The fourth-order valence-electron chi connectivity index (χ4n) is 1.18. The van der Waals surface area contributed by atoms with E-state index in [-0.39, 0.29) is 18.5 Å². The molecule has 0 atom stereocenters. The highest BCUT2D eigenvalue weighted by Crippen LogP contribution is 2.01. The molecule has 0 aliphatic rings. The number of carbonyl (C=O) groups is 2. The smallest absolute Gasteiger partial charge is 0.242 e. The fourth-order valence-corrected chi connectivity index (χ4v) is 1.18. The molecule has 0 radical (unpaired) electrons. The topological polar surface area (TPSA) is 42.3 Å². The number of hydrogen-bond acceptors (Lipinski definition) is 2. The first-order chi connectivity index (χ1) is 7.04. The maximum Gasteiger partial charge on any atom is 0.242 e. The van der Waals surface area contributed by atoms with E-state index in [2.05, 4.69) is 0 Å². The summed E-state index contributed by atoms with van der Waals surface area (Å²) in [5, 5.41) is 0. The summed E-state index contributed by atoms with van der Waals surface area (Å²) in [6.07, 6.45) is 4.17. The second-order valence-electron chi connectivity index (χ2n) is 3.83. The van der Waals surface area contributed by atoms with Gasteiger partial charge in [-0.05, 0) is 19.9 Å². The quantitative estimate of drug-likeness (QED) is 0.697. The lowest BCUT2D eigenvalue weighted by atomic mass is 10.3. The number of aldehydes is 1. The van der Waals surface area contributed by atoms with Crippen LogP contribution in [-0.2, 0) is 11.3 Å². The van der Waals surface area contributed by atoms with Gasteiger partial charge in [0, 0.05) is 31.0 Å². The van der Waals surface area contributed by atoms with Gasteiger partial charge in [-0.25, -0.2) is 0 Å².